The van der Waals surface area contributed by atoms with Crippen molar-refractivity contribution in [1.82, 2.24) is 9.91 Å². The summed E-state index contributed by atoms with van der Waals surface area (Å²) in [7, 11) is 1.88. The van der Waals surface area contributed by atoms with Gasteiger partial charge in [-0.3, -0.25) is 9.91 Å². The third-order valence-corrected chi connectivity index (χ3v) is 2.03. The first-order valence-electron chi connectivity index (χ1n) is 4.32. The first kappa shape index (κ1) is 8.96. The minimum absolute atomic E-state index is 0.405. The average Bonchev–Trinajstić information content (AvgIpc) is 2.23. The molecular formula is C9H12N4O. The highest BCUT2D eigenvalue weighted by atomic mass is 16.5. The van der Waals surface area contributed by atoms with Crippen LogP contribution in [0.2, 0.25) is 0 Å². The lowest BCUT2D eigenvalue weighted by Crippen LogP contribution is -2.43. The van der Waals surface area contributed by atoms with Crippen molar-refractivity contribution in [3.05, 3.63) is 24.4 Å². The largest absolute Gasteiger partial charge is 0.338 e. The maximum atomic E-state index is 5.18. The summed E-state index contributed by atoms with van der Waals surface area (Å²) in [6.07, 6.45) is 5.31. The van der Waals surface area contributed by atoms with E-state index < -0.39 is 0 Å². The Morgan fingerprint density at radius 1 is 1.64 bits per heavy atom. The van der Waals surface area contributed by atoms with Gasteiger partial charge in [-0.1, -0.05) is 12.7 Å². The van der Waals surface area contributed by atoms with Crippen LogP contribution in [0.5, 0.6) is 0 Å². The third-order valence-electron chi connectivity index (χ3n) is 2.03. The van der Waals surface area contributed by atoms with Gasteiger partial charge in [0, 0.05) is 7.05 Å². The number of aliphatic imine (C=N–C) groups is 1. The molecule has 5 nitrogen and oxygen atoms in total. The van der Waals surface area contributed by atoms with Gasteiger partial charge in [-0.2, -0.15) is 5.10 Å². The van der Waals surface area contributed by atoms with Crippen molar-refractivity contribution in [3.63, 3.8) is 0 Å². The quantitative estimate of drug-likeness (QED) is 0.610. The van der Waals surface area contributed by atoms with Crippen molar-refractivity contribution in [1.29, 1.82) is 0 Å². The molecule has 0 aliphatic carbocycles. The zero-order valence-corrected chi connectivity index (χ0v) is 8.05. The van der Waals surface area contributed by atoms with Crippen LogP contribution in [0, 0.1) is 0 Å². The van der Waals surface area contributed by atoms with Crippen LogP contribution in [0.4, 0.5) is 0 Å². The van der Waals surface area contributed by atoms with Gasteiger partial charge in [0.1, 0.15) is 25.5 Å². The van der Waals surface area contributed by atoms with Gasteiger partial charge in [-0.05, 0) is 6.08 Å². The molecule has 5 heteroatoms. The smallest absolute Gasteiger partial charge is 0.159 e. The Hall–Kier alpha value is -1.62. The zero-order valence-electron chi connectivity index (χ0n) is 8.05. The Morgan fingerprint density at radius 3 is 3.29 bits per heavy atom. The second-order valence-electron chi connectivity index (χ2n) is 2.96. The normalized spacial score (nSPS) is 23.5. The monoisotopic (exact) mass is 192 g/mol. The van der Waals surface area contributed by atoms with Crippen LogP contribution in [0.1, 0.15) is 0 Å². The fraction of sp³-hybridized carbons (Fsp3) is 0.333. The first-order chi connectivity index (χ1) is 6.83. The summed E-state index contributed by atoms with van der Waals surface area (Å²) in [5, 5.41) is 5.94. The Bertz CT molecular complexity index is 332. The number of hydrogen-bond donors (Lipinski definition) is 0. The van der Waals surface area contributed by atoms with Crippen LogP contribution in [0.3, 0.4) is 0 Å². The Morgan fingerprint density at radius 2 is 2.50 bits per heavy atom. The highest BCUT2D eigenvalue weighted by Gasteiger charge is 2.23. The summed E-state index contributed by atoms with van der Waals surface area (Å²) in [5.41, 5.74) is 0.936. The molecule has 0 amide bonds. The van der Waals surface area contributed by atoms with Crippen LogP contribution in [0.25, 0.3) is 0 Å². The number of hydrazone groups is 1. The van der Waals surface area contributed by atoms with Crippen molar-refractivity contribution in [3.8, 4) is 0 Å². The number of rotatable bonds is 1. The van der Waals surface area contributed by atoms with E-state index in [4.69, 9.17) is 4.74 Å². The highest BCUT2D eigenvalue weighted by molar-refractivity contribution is 6.05. The van der Waals surface area contributed by atoms with E-state index in [1.807, 2.05) is 18.0 Å². The second kappa shape index (κ2) is 3.63. The lowest BCUT2D eigenvalue weighted by atomic mass is 10.3. The molecule has 14 heavy (non-hydrogen) atoms. The fourth-order valence-corrected chi connectivity index (χ4v) is 1.35. The minimum atomic E-state index is 0.405. The van der Waals surface area contributed by atoms with Gasteiger partial charge in [0.2, 0.25) is 0 Å². The predicted molar refractivity (Wildman–Crippen MR) is 54.6 cm³/mol. The lowest BCUT2D eigenvalue weighted by molar-refractivity contribution is 0.0812. The van der Waals surface area contributed by atoms with E-state index in [0.29, 0.717) is 13.5 Å². The number of nitrogens with zero attached hydrogens (tertiary/aromatic N) is 4. The molecule has 0 saturated heterocycles. The van der Waals surface area contributed by atoms with Crippen molar-refractivity contribution in [2.45, 2.75) is 0 Å². The Balaban J connectivity index is 2.38. The molecule has 0 unspecified atom stereocenters. The van der Waals surface area contributed by atoms with Gasteiger partial charge in [0.25, 0.3) is 0 Å². The maximum Gasteiger partial charge on any atom is 0.159 e. The standard InChI is InChI=1S/C9H12N4O/c1-3-4-8-9-10-6-14-7-13(9)5-11-12(8)2/h3-5H,1,6-7H2,2H3/b8-4-. The van der Waals surface area contributed by atoms with Crippen LogP contribution < -0.4 is 0 Å². The number of amidine groups is 1. The molecule has 2 aliphatic rings. The average molecular weight is 192 g/mol. The number of allylic oxidation sites excluding steroid dienone is 2. The van der Waals surface area contributed by atoms with Gasteiger partial charge in [-0.25, -0.2) is 4.99 Å². The summed E-state index contributed by atoms with van der Waals surface area (Å²) in [4.78, 5) is 6.13. The SMILES string of the molecule is C=C/C=C1/C2=NCOCN2C=NN1C. The molecule has 2 aliphatic heterocycles. The second-order valence-corrected chi connectivity index (χ2v) is 2.96. The molecule has 0 bridgehead atoms. The topological polar surface area (TPSA) is 40.4 Å². The summed E-state index contributed by atoms with van der Waals surface area (Å²) in [6.45, 7) is 4.58. The highest BCUT2D eigenvalue weighted by Crippen LogP contribution is 2.15. The molecule has 0 spiro atoms. The van der Waals surface area contributed by atoms with Gasteiger partial charge in [0.15, 0.2) is 5.84 Å². The summed E-state index contributed by atoms with van der Waals surface area (Å²) >= 11 is 0. The maximum absolute atomic E-state index is 5.18. The van der Waals surface area contributed by atoms with Gasteiger partial charge in [0.05, 0.1) is 0 Å². The predicted octanol–water partition coefficient (Wildman–Crippen LogP) is 0.591. The van der Waals surface area contributed by atoms with E-state index in [-0.39, 0.29) is 0 Å². The summed E-state index contributed by atoms with van der Waals surface area (Å²) in [5.74, 6) is 0.883. The van der Waals surface area contributed by atoms with Crippen LogP contribution in [-0.4, -0.2) is 42.6 Å². The number of hydrogen-bond acceptors (Lipinski definition) is 5. The van der Waals surface area contributed by atoms with Crippen molar-refractivity contribution in [2.75, 3.05) is 20.5 Å². The van der Waals surface area contributed by atoms with Crippen molar-refractivity contribution < 1.29 is 4.74 Å². The molecule has 0 fully saturated rings. The van der Waals surface area contributed by atoms with Gasteiger partial charge < -0.3 is 4.74 Å². The Labute approximate surface area is 82.7 Å². The van der Waals surface area contributed by atoms with E-state index in [2.05, 4.69) is 16.7 Å². The minimum Gasteiger partial charge on any atom is -0.338 e. The number of likely N-dealkylation sites (N-methyl/N-ethyl adjacent to an activating group) is 1. The molecule has 2 rings (SSSR count). The van der Waals surface area contributed by atoms with E-state index in [0.717, 1.165) is 11.5 Å². The molecule has 0 N–H and O–H groups in total. The van der Waals surface area contributed by atoms with Crippen LogP contribution in [0.15, 0.2) is 34.5 Å². The van der Waals surface area contributed by atoms with Crippen molar-refractivity contribution in [2.24, 2.45) is 10.1 Å². The molecule has 0 radical (unpaired) electrons. The first-order valence-corrected chi connectivity index (χ1v) is 4.32. The lowest BCUT2D eigenvalue weighted by Gasteiger charge is -2.33. The van der Waals surface area contributed by atoms with Gasteiger partial charge >= 0.3 is 0 Å². The summed E-state index contributed by atoms with van der Waals surface area (Å²) in [6, 6.07) is 0. The molecule has 74 valence electrons. The van der Waals surface area contributed by atoms with Crippen molar-refractivity contribution >= 4 is 12.2 Å². The molecule has 0 saturated carbocycles. The molecule has 0 aromatic carbocycles. The van der Waals surface area contributed by atoms with E-state index in [9.17, 15) is 0 Å². The number of ether oxygens (including phenoxy) is 1. The number of fused-ring (bicyclic) bond motifs is 1. The molecule has 0 aromatic rings. The van der Waals surface area contributed by atoms with E-state index in [1.165, 1.54) is 0 Å². The fourth-order valence-electron chi connectivity index (χ4n) is 1.35. The van der Waals surface area contributed by atoms with E-state index in [1.54, 1.807) is 17.4 Å². The van der Waals surface area contributed by atoms with Crippen LogP contribution in [-0.2, 0) is 4.74 Å². The molecular weight excluding hydrogens is 180 g/mol. The zero-order chi connectivity index (χ0) is 9.97. The van der Waals surface area contributed by atoms with Crippen LogP contribution >= 0.6 is 0 Å². The summed E-state index contributed by atoms with van der Waals surface area (Å²) < 4.78 is 5.18. The Kier molecular flexibility index (Phi) is 2.32. The third kappa shape index (κ3) is 1.42. The van der Waals surface area contributed by atoms with Gasteiger partial charge in [-0.15, -0.1) is 0 Å². The van der Waals surface area contributed by atoms with E-state index >= 15 is 0 Å². The molecule has 0 aromatic heterocycles. The molecule has 0 atom stereocenters. The molecule has 2 heterocycles.